The summed E-state index contributed by atoms with van der Waals surface area (Å²) >= 11 is 0. The third-order valence-corrected chi connectivity index (χ3v) is 3.71. The number of aliphatic hydroxyl groups excluding tert-OH is 1. The number of morpholine rings is 1. The summed E-state index contributed by atoms with van der Waals surface area (Å²) in [5, 5.41) is 12.8. The highest BCUT2D eigenvalue weighted by atomic mass is 19.1. The molecule has 2 rings (SSSR count). The van der Waals surface area contributed by atoms with E-state index < -0.39 is 0 Å². The first-order valence-corrected chi connectivity index (χ1v) is 7.15. The van der Waals surface area contributed by atoms with Crippen molar-refractivity contribution < 1.29 is 14.2 Å². The Morgan fingerprint density at radius 3 is 3.05 bits per heavy atom. The molecule has 0 radical (unpaired) electrons. The molecule has 0 spiro atoms. The van der Waals surface area contributed by atoms with Gasteiger partial charge in [-0.25, -0.2) is 4.39 Å². The molecule has 112 valence electrons. The first-order chi connectivity index (χ1) is 9.67. The van der Waals surface area contributed by atoms with E-state index in [-0.39, 0.29) is 24.5 Å². The number of anilines is 1. The monoisotopic (exact) mass is 282 g/mol. The number of nitrogens with zero attached hydrogens (tertiary/aromatic N) is 1. The highest BCUT2D eigenvalue weighted by Crippen LogP contribution is 2.29. The third kappa shape index (κ3) is 3.29. The molecule has 2 atom stereocenters. The van der Waals surface area contributed by atoms with Gasteiger partial charge in [0.1, 0.15) is 5.82 Å². The van der Waals surface area contributed by atoms with Crippen molar-refractivity contribution in [2.75, 3.05) is 37.8 Å². The van der Waals surface area contributed by atoms with Crippen LogP contribution in [0.4, 0.5) is 10.1 Å². The van der Waals surface area contributed by atoms with Gasteiger partial charge >= 0.3 is 0 Å². The molecule has 20 heavy (non-hydrogen) atoms. The maximum Gasteiger partial charge on any atom is 0.123 e. The van der Waals surface area contributed by atoms with Crippen LogP contribution in [0.5, 0.6) is 0 Å². The minimum Gasteiger partial charge on any atom is -0.394 e. The molecule has 1 aromatic rings. The summed E-state index contributed by atoms with van der Waals surface area (Å²) < 4.78 is 19.0. The Morgan fingerprint density at radius 2 is 2.35 bits per heavy atom. The Kier molecular flexibility index (Phi) is 5.34. The number of ether oxygens (including phenoxy) is 1. The normalized spacial score (nSPS) is 21.0. The van der Waals surface area contributed by atoms with E-state index in [1.807, 2.05) is 13.8 Å². The average Bonchev–Trinajstić information content (AvgIpc) is 2.47. The fourth-order valence-electron chi connectivity index (χ4n) is 2.67. The molecule has 1 aliphatic heterocycles. The summed E-state index contributed by atoms with van der Waals surface area (Å²) in [6.07, 6.45) is 0. The lowest BCUT2D eigenvalue weighted by Crippen LogP contribution is -2.48. The molecule has 2 N–H and O–H groups in total. The Labute approximate surface area is 119 Å². The van der Waals surface area contributed by atoms with Crippen LogP contribution in [0.2, 0.25) is 0 Å². The van der Waals surface area contributed by atoms with Crippen LogP contribution in [0.1, 0.15) is 25.5 Å². The molecule has 1 aliphatic rings. The topological polar surface area (TPSA) is 44.7 Å². The van der Waals surface area contributed by atoms with Gasteiger partial charge in [-0.2, -0.15) is 0 Å². The second kappa shape index (κ2) is 7.02. The smallest absolute Gasteiger partial charge is 0.123 e. The zero-order valence-electron chi connectivity index (χ0n) is 12.1. The molecule has 0 bridgehead atoms. The fraction of sp³-hybridized carbons (Fsp3) is 0.600. The molecule has 0 aliphatic carbocycles. The molecule has 0 amide bonds. The van der Waals surface area contributed by atoms with Crippen molar-refractivity contribution in [1.29, 1.82) is 0 Å². The summed E-state index contributed by atoms with van der Waals surface area (Å²) in [5.41, 5.74) is 1.90. The van der Waals surface area contributed by atoms with Gasteiger partial charge in [0.15, 0.2) is 0 Å². The molecule has 1 fully saturated rings. The lowest BCUT2D eigenvalue weighted by molar-refractivity contribution is 0.0726. The number of rotatable bonds is 5. The second-order valence-electron chi connectivity index (χ2n) is 5.09. The molecule has 1 saturated heterocycles. The fourth-order valence-corrected chi connectivity index (χ4v) is 2.67. The van der Waals surface area contributed by atoms with Crippen LogP contribution in [0.3, 0.4) is 0 Å². The van der Waals surface area contributed by atoms with Gasteiger partial charge in [-0.3, -0.25) is 0 Å². The standard InChI is InChI=1S/C15H23FN2O2/c1-3-17-11(2)14-8-12(16)4-5-15(14)18-6-7-20-10-13(18)9-19/h4-5,8,11,13,17,19H,3,6-7,9-10H2,1-2H3. The Morgan fingerprint density at radius 1 is 1.55 bits per heavy atom. The number of aliphatic hydroxyl groups is 1. The van der Waals surface area contributed by atoms with Crippen molar-refractivity contribution in [2.24, 2.45) is 0 Å². The number of hydrogen-bond acceptors (Lipinski definition) is 4. The summed E-state index contributed by atoms with van der Waals surface area (Å²) in [7, 11) is 0. The van der Waals surface area contributed by atoms with E-state index in [4.69, 9.17) is 4.74 Å². The predicted octanol–water partition coefficient (Wildman–Crippen LogP) is 1.69. The van der Waals surface area contributed by atoms with Crippen molar-refractivity contribution in [3.63, 3.8) is 0 Å². The van der Waals surface area contributed by atoms with Gasteiger partial charge in [-0.1, -0.05) is 6.92 Å². The van der Waals surface area contributed by atoms with Gasteiger partial charge in [0.05, 0.1) is 25.9 Å². The van der Waals surface area contributed by atoms with E-state index in [2.05, 4.69) is 10.2 Å². The van der Waals surface area contributed by atoms with E-state index in [0.29, 0.717) is 19.8 Å². The van der Waals surface area contributed by atoms with Gasteiger partial charge in [0.2, 0.25) is 0 Å². The largest absolute Gasteiger partial charge is 0.394 e. The van der Waals surface area contributed by atoms with E-state index in [1.165, 1.54) is 6.07 Å². The van der Waals surface area contributed by atoms with Gasteiger partial charge in [0, 0.05) is 18.3 Å². The maximum atomic E-state index is 13.6. The van der Waals surface area contributed by atoms with E-state index in [1.54, 1.807) is 12.1 Å². The zero-order chi connectivity index (χ0) is 14.5. The van der Waals surface area contributed by atoms with Crippen molar-refractivity contribution >= 4 is 5.69 Å². The van der Waals surface area contributed by atoms with Gasteiger partial charge in [-0.05, 0) is 37.2 Å². The van der Waals surface area contributed by atoms with Crippen LogP contribution < -0.4 is 10.2 Å². The number of benzene rings is 1. The number of nitrogens with one attached hydrogen (secondary N) is 1. The summed E-state index contributed by atoms with van der Waals surface area (Å²) in [6.45, 7) is 6.75. The van der Waals surface area contributed by atoms with Crippen molar-refractivity contribution in [3.8, 4) is 0 Å². The molecular formula is C15H23FN2O2. The van der Waals surface area contributed by atoms with E-state index >= 15 is 0 Å². The minimum absolute atomic E-state index is 0.0341. The SMILES string of the molecule is CCNC(C)c1cc(F)ccc1N1CCOCC1CO. The quantitative estimate of drug-likeness (QED) is 0.863. The van der Waals surface area contributed by atoms with Crippen LogP contribution in [-0.4, -0.2) is 44.1 Å². The van der Waals surface area contributed by atoms with Gasteiger partial charge < -0.3 is 20.1 Å². The Balaban J connectivity index is 2.33. The van der Waals surface area contributed by atoms with Crippen LogP contribution >= 0.6 is 0 Å². The molecule has 5 heteroatoms. The third-order valence-electron chi connectivity index (χ3n) is 3.71. The molecule has 1 heterocycles. The number of halogens is 1. The predicted molar refractivity (Wildman–Crippen MR) is 77.5 cm³/mol. The highest BCUT2D eigenvalue weighted by molar-refractivity contribution is 5.56. The zero-order valence-corrected chi connectivity index (χ0v) is 12.1. The van der Waals surface area contributed by atoms with Crippen molar-refractivity contribution in [1.82, 2.24) is 5.32 Å². The highest BCUT2D eigenvalue weighted by Gasteiger charge is 2.25. The number of hydrogen-bond donors (Lipinski definition) is 2. The van der Waals surface area contributed by atoms with Crippen LogP contribution in [-0.2, 0) is 4.74 Å². The summed E-state index contributed by atoms with van der Waals surface area (Å²) in [6, 6.07) is 4.84. The van der Waals surface area contributed by atoms with Crippen LogP contribution in [0.15, 0.2) is 18.2 Å². The molecular weight excluding hydrogens is 259 g/mol. The summed E-state index contributed by atoms with van der Waals surface area (Å²) in [4.78, 5) is 2.12. The van der Waals surface area contributed by atoms with Crippen LogP contribution in [0, 0.1) is 5.82 Å². The van der Waals surface area contributed by atoms with Gasteiger partial charge in [0.25, 0.3) is 0 Å². The molecule has 0 saturated carbocycles. The molecule has 2 unspecified atom stereocenters. The molecule has 1 aromatic carbocycles. The maximum absolute atomic E-state index is 13.6. The first kappa shape index (κ1) is 15.2. The molecule has 0 aromatic heterocycles. The molecule has 4 nitrogen and oxygen atoms in total. The first-order valence-electron chi connectivity index (χ1n) is 7.15. The lowest BCUT2D eigenvalue weighted by atomic mass is 10.0. The summed E-state index contributed by atoms with van der Waals surface area (Å²) in [5.74, 6) is -0.234. The lowest BCUT2D eigenvalue weighted by Gasteiger charge is -2.38. The Bertz CT molecular complexity index is 442. The van der Waals surface area contributed by atoms with Crippen molar-refractivity contribution in [2.45, 2.75) is 25.9 Å². The van der Waals surface area contributed by atoms with Gasteiger partial charge in [-0.15, -0.1) is 0 Å². The van der Waals surface area contributed by atoms with Crippen LogP contribution in [0.25, 0.3) is 0 Å². The average molecular weight is 282 g/mol. The second-order valence-corrected chi connectivity index (χ2v) is 5.09. The van der Waals surface area contributed by atoms with E-state index in [9.17, 15) is 9.50 Å². The van der Waals surface area contributed by atoms with Crippen molar-refractivity contribution in [3.05, 3.63) is 29.6 Å². The minimum atomic E-state index is -0.234. The van der Waals surface area contributed by atoms with E-state index in [0.717, 1.165) is 17.8 Å². The Hall–Kier alpha value is -1.17.